The van der Waals surface area contributed by atoms with E-state index in [0.29, 0.717) is 6.10 Å². The molecule has 2 atom stereocenters. The van der Waals surface area contributed by atoms with Crippen molar-refractivity contribution in [2.75, 3.05) is 6.61 Å². The lowest BCUT2D eigenvalue weighted by Gasteiger charge is -2.30. The molecular weight excluding hydrogens is 214 g/mol. The highest BCUT2D eigenvalue weighted by Gasteiger charge is 2.48. The van der Waals surface area contributed by atoms with Gasteiger partial charge < -0.3 is 15.0 Å². The van der Waals surface area contributed by atoms with Crippen LogP contribution in [0.3, 0.4) is 0 Å². The summed E-state index contributed by atoms with van der Waals surface area (Å²) >= 11 is 0. The van der Waals surface area contributed by atoms with Crippen LogP contribution in [0.2, 0.25) is 0 Å². The van der Waals surface area contributed by atoms with Gasteiger partial charge in [0.2, 0.25) is 0 Å². The normalized spacial score (nSPS) is 33.2. The molecule has 1 aliphatic heterocycles. The van der Waals surface area contributed by atoms with Gasteiger partial charge in [-0.15, -0.1) is 0 Å². The lowest BCUT2D eigenvalue weighted by atomic mass is 9.85. The fraction of sp³-hybridized carbons (Fsp3) is 0.769. The molecule has 1 aliphatic carbocycles. The molecule has 3 rings (SSSR count). The summed E-state index contributed by atoms with van der Waals surface area (Å²) < 4.78 is 7.92. The van der Waals surface area contributed by atoms with Gasteiger partial charge in [-0.05, 0) is 31.6 Å². The highest BCUT2D eigenvalue weighted by Crippen LogP contribution is 2.43. The SMILES string of the molecule is Cn1ccnc1CCC1(N)CCOC1C1CC1. The number of hydrogen-bond acceptors (Lipinski definition) is 3. The van der Waals surface area contributed by atoms with Gasteiger partial charge in [0, 0.05) is 38.0 Å². The minimum absolute atomic E-state index is 0.118. The zero-order valence-electron chi connectivity index (χ0n) is 10.4. The summed E-state index contributed by atoms with van der Waals surface area (Å²) in [5, 5.41) is 0. The molecule has 0 spiro atoms. The third kappa shape index (κ3) is 2.11. The van der Waals surface area contributed by atoms with E-state index in [0.717, 1.165) is 37.6 Å². The number of ether oxygens (including phenoxy) is 1. The first-order chi connectivity index (χ1) is 8.19. The van der Waals surface area contributed by atoms with Crippen LogP contribution in [0.5, 0.6) is 0 Å². The van der Waals surface area contributed by atoms with Crippen LogP contribution in [-0.4, -0.2) is 27.8 Å². The van der Waals surface area contributed by atoms with Crippen molar-refractivity contribution in [3.05, 3.63) is 18.2 Å². The molecule has 0 radical (unpaired) electrons. The number of nitrogens with zero attached hydrogens (tertiary/aromatic N) is 2. The van der Waals surface area contributed by atoms with Crippen molar-refractivity contribution in [3.63, 3.8) is 0 Å². The maximum absolute atomic E-state index is 6.55. The van der Waals surface area contributed by atoms with Gasteiger partial charge in [-0.1, -0.05) is 0 Å². The summed E-state index contributed by atoms with van der Waals surface area (Å²) in [7, 11) is 2.04. The van der Waals surface area contributed by atoms with E-state index in [1.54, 1.807) is 0 Å². The molecule has 0 bridgehead atoms. The molecule has 1 aromatic heterocycles. The van der Waals surface area contributed by atoms with Gasteiger partial charge in [0.05, 0.1) is 6.10 Å². The molecule has 1 aromatic rings. The monoisotopic (exact) mass is 235 g/mol. The van der Waals surface area contributed by atoms with Crippen molar-refractivity contribution in [2.24, 2.45) is 18.7 Å². The fourth-order valence-electron chi connectivity index (χ4n) is 2.94. The summed E-state index contributed by atoms with van der Waals surface area (Å²) in [4.78, 5) is 4.36. The number of aromatic nitrogens is 2. The van der Waals surface area contributed by atoms with Gasteiger partial charge in [-0.3, -0.25) is 0 Å². The second-order valence-corrected chi connectivity index (χ2v) is 5.57. The molecule has 2 unspecified atom stereocenters. The number of rotatable bonds is 4. The van der Waals surface area contributed by atoms with Crippen molar-refractivity contribution in [3.8, 4) is 0 Å². The van der Waals surface area contributed by atoms with Crippen LogP contribution in [-0.2, 0) is 18.2 Å². The maximum Gasteiger partial charge on any atom is 0.108 e. The van der Waals surface area contributed by atoms with E-state index in [1.165, 1.54) is 12.8 Å². The Morgan fingerprint density at radius 1 is 1.59 bits per heavy atom. The highest BCUT2D eigenvalue weighted by molar-refractivity contribution is 5.05. The molecule has 0 amide bonds. The first kappa shape index (κ1) is 11.2. The molecule has 2 heterocycles. The van der Waals surface area contributed by atoms with E-state index in [1.807, 2.05) is 19.4 Å². The van der Waals surface area contributed by atoms with Crippen LogP contribution in [0.4, 0.5) is 0 Å². The van der Waals surface area contributed by atoms with E-state index >= 15 is 0 Å². The molecule has 4 heteroatoms. The Morgan fingerprint density at radius 2 is 2.41 bits per heavy atom. The Morgan fingerprint density at radius 3 is 3.06 bits per heavy atom. The lowest BCUT2D eigenvalue weighted by Crippen LogP contribution is -2.49. The Hall–Kier alpha value is -0.870. The van der Waals surface area contributed by atoms with Crippen molar-refractivity contribution >= 4 is 0 Å². The third-order valence-electron chi connectivity index (χ3n) is 4.22. The number of aryl methyl sites for hydroxylation is 2. The summed E-state index contributed by atoms with van der Waals surface area (Å²) in [5.41, 5.74) is 6.43. The van der Waals surface area contributed by atoms with E-state index in [2.05, 4.69) is 9.55 Å². The quantitative estimate of drug-likeness (QED) is 0.854. The molecule has 2 aliphatic rings. The van der Waals surface area contributed by atoms with Gasteiger partial charge in [0.15, 0.2) is 0 Å². The highest BCUT2D eigenvalue weighted by atomic mass is 16.5. The number of hydrogen-bond donors (Lipinski definition) is 1. The van der Waals surface area contributed by atoms with Gasteiger partial charge in [-0.2, -0.15) is 0 Å². The van der Waals surface area contributed by atoms with E-state index in [9.17, 15) is 0 Å². The summed E-state index contributed by atoms with van der Waals surface area (Å²) in [5.74, 6) is 1.85. The van der Waals surface area contributed by atoms with Crippen LogP contribution >= 0.6 is 0 Å². The average molecular weight is 235 g/mol. The van der Waals surface area contributed by atoms with E-state index < -0.39 is 0 Å². The zero-order valence-corrected chi connectivity index (χ0v) is 10.4. The Labute approximate surface area is 102 Å². The topological polar surface area (TPSA) is 53.1 Å². The van der Waals surface area contributed by atoms with Crippen LogP contribution in [0.15, 0.2) is 12.4 Å². The number of nitrogens with two attached hydrogens (primary N) is 1. The van der Waals surface area contributed by atoms with E-state index in [-0.39, 0.29) is 5.54 Å². The first-order valence-electron chi connectivity index (χ1n) is 6.56. The summed E-state index contributed by atoms with van der Waals surface area (Å²) in [6.07, 6.45) is 9.66. The molecule has 1 saturated heterocycles. The van der Waals surface area contributed by atoms with Gasteiger partial charge in [0.25, 0.3) is 0 Å². The Bertz CT molecular complexity index is 399. The predicted octanol–water partition coefficient (Wildman–Crippen LogP) is 1.25. The third-order valence-corrected chi connectivity index (χ3v) is 4.22. The lowest BCUT2D eigenvalue weighted by molar-refractivity contribution is 0.0601. The molecule has 0 aromatic carbocycles. The Balaban J connectivity index is 1.65. The zero-order chi connectivity index (χ0) is 11.9. The van der Waals surface area contributed by atoms with Crippen LogP contribution in [0.25, 0.3) is 0 Å². The Kier molecular flexibility index (Phi) is 2.71. The van der Waals surface area contributed by atoms with Crippen LogP contribution in [0, 0.1) is 5.92 Å². The van der Waals surface area contributed by atoms with Crippen molar-refractivity contribution in [2.45, 2.75) is 43.7 Å². The average Bonchev–Trinajstić information content (AvgIpc) is 2.95. The number of imidazole rings is 1. The molecule has 2 fully saturated rings. The molecule has 4 nitrogen and oxygen atoms in total. The molecule has 17 heavy (non-hydrogen) atoms. The maximum atomic E-state index is 6.55. The van der Waals surface area contributed by atoms with Crippen LogP contribution < -0.4 is 5.73 Å². The fourth-order valence-corrected chi connectivity index (χ4v) is 2.94. The van der Waals surface area contributed by atoms with Crippen molar-refractivity contribution in [1.82, 2.24) is 9.55 Å². The largest absolute Gasteiger partial charge is 0.376 e. The summed E-state index contributed by atoms with van der Waals surface area (Å²) in [6.45, 7) is 0.832. The predicted molar refractivity (Wildman–Crippen MR) is 65.5 cm³/mol. The molecule has 1 saturated carbocycles. The second kappa shape index (κ2) is 4.10. The molecular formula is C13H21N3O. The molecule has 2 N–H and O–H groups in total. The minimum Gasteiger partial charge on any atom is -0.376 e. The van der Waals surface area contributed by atoms with Crippen LogP contribution in [0.1, 0.15) is 31.5 Å². The second-order valence-electron chi connectivity index (χ2n) is 5.57. The van der Waals surface area contributed by atoms with Gasteiger partial charge in [-0.25, -0.2) is 4.98 Å². The van der Waals surface area contributed by atoms with Gasteiger partial charge >= 0.3 is 0 Å². The van der Waals surface area contributed by atoms with E-state index in [4.69, 9.17) is 10.5 Å². The standard InChI is InChI=1S/C13H21N3O/c1-16-8-7-15-11(16)4-5-13(14)6-9-17-12(13)10-2-3-10/h7-8,10,12H,2-6,9,14H2,1H3. The first-order valence-corrected chi connectivity index (χ1v) is 6.56. The smallest absolute Gasteiger partial charge is 0.108 e. The van der Waals surface area contributed by atoms with Gasteiger partial charge in [0.1, 0.15) is 5.82 Å². The summed E-state index contributed by atoms with van der Waals surface area (Å²) in [6, 6.07) is 0. The van der Waals surface area contributed by atoms with Crippen molar-refractivity contribution in [1.29, 1.82) is 0 Å². The molecule has 94 valence electrons. The van der Waals surface area contributed by atoms with Crippen molar-refractivity contribution < 1.29 is 4.74 Å². The minimum atomic E-state index is -0.118.